The Labute approximate surface area is 148 Å². The molecule has 0 aliphatic carbocycles. The number of nitrogens with one attached hydrogen (secondary N) is 1. The molecular formula is C19H26FN3O2. The molecular weight excluding hydrogens is 321 g/mol. The van der Waals surface area contributed by atoms with Crippen LogP contribution in [-0.4, -0.2) is 53.8 Å². The minimum Gasteiger partial charge on any atom is -0.342 e. The minimum atomic E-state index is -0.432. The van der Waals surface area contributed by atoms with E-state index in [0.29, 0.717) is 0 Å². The topological polar surface area (TPSA) is 52.7 Å². The lowest BCUT2D eigenvalue weighted by molar-refractivity contribution is -0.136. The predicted octanol–water partition coefficient (Wildman–Crippen LogP) is 2.49. The number of para-hydroxylation sites is 1. The molecule has 0 radical (unpaired) electrons. The highest BCUT2D eigenvalue weighted by molar-refractivity contribution is 5.94. The molecule has 0 bridgehead atoms. The number of benzene rings is 1. The quantitative estimate of drug-likeness (QED) is 0.910. The first-order chi connectivity index (χ1) is 12.1. The summed E-state index contributed by atoms with van der Waals surface area (Å²) in [5.41, 5.74) is 0.207. The van der Waals surface area contributed by atoms with Crippen LogP contribution >= 0.6 is 0 Å². The van der Waals surface area contributed by atoms with Crippen LogP contribution in [0.4, 0.5) is 10.1 Å². The first-order valence-electron chi connectivity index (χ1n) is 9.14. The van der Waals surface area contributed by atoms with E-state index in [0.717, 1.165) is 51.9 Å². The van der Waals surface area contributed by atoms with Crippen molar-refractivity contribution < 1.29 is 14.0 Å². The Morgan fingerprint density at radius 2 is 1.76 bits per heavy atom. The molecule has 1 atom stereocenters. The standard InChI is InChI=1S/C19H26FN3O2/c1-14(18(24)21-17-7-3-2-6-16(17)20)22-12-8-15(9-13-22)19(25)23-10-4-5-11-23/h2-3,6-7,14-15H,4-5,8-13H2,1H3,(H,21,24)/t14-/m0/s1. The number of amides is 2. The molecule has 1 N–H and O–H groups in total. The molecule has 1 aromatic rings. The van der Waals surface area contributed by atoms with Crippen molar-refractivity contribution in [3.63, 3.8) is 0 Å². The van der Waals surface area contributed by atoms with E-state index in [-0.39, 0.29) is 29.5 Å². The van der Waals surface area contributed by atoms with Crippen molar-refractivity contribution in [2.75, 3.05) is 31.5 Å². The highest BCUT2D eigenvalue weighted by atomic mass is 19.1. The van der Waals surface area contributed by atoms with Gasteiger partial charge in [-0.2, -0.15) is 0 Å². The van der Waals surface area contributed by atoms with Crippen molar-refractivity contribution in [1.29, 1.82) is 0 Å². The second-order valence-corrected chi connectivity index (χ2v) is 6.99. The van der Waals surface area contributed by atoms with Gasteiger partial charge in [0, 0.05) is 19.0 Å². The molecule has 2 saturated heterocycles. The lowest BCUT2D eigenvalue weighted by Gasteiger charge is -2.36. The lowest BCUT2D eigenvalue weighted by atomic mass is 9.94. The van der Waals surface area contributed by atoms with E-state index in [1.807, 2.05) is 11.8 Å². The molecule has 0 spiro atoms. The maximum absolute atomic E-state index is 13.7. The van der Waals surface area contributed by atoms with Crippen molar-refractivity contribution in [2.24, 2.45) is 5.92 Å². The van der Waals surface area contributed by atoms with Gasteiger partial charge in [0.1, 0.15) is 5.82 Å². The van der Waals surface area contributed by atoms with Gasteiger partial charge in [-0.15, -0.1) is 0 Å². The SMILES string of the molecule is C[C@@H](C(=O)Nc1ccccc1F)N1CCC(C(=O)N2CCCC2)CC1. The molecule has 136 valence electrons. The monoisotopic (exact) mass is 347 g/mol. The lowest BCUT2D eigenvalue weighted by Crippen LogP contribution is -2.48. The third-order valence-electron chi connectivity index (χ3n) is 5.36. The number of nitrogens with zero attached hydrogens (tertiary/aromatic N) is 2. The molecule has 2 aliphatic rings. The summed E-state index contributed by atoms with van der Waals surface area (Å²) in [7, 11) is 0. The molecule has 25 heavy (non-hydrogen) atoms. The Kier molecular flexibility index (Phi) is 5.68. The normalized spacial score (nSPS) is 20.5. The number of rotatable bonds is 4. The fourth-order valence-electron chi connectivity index (χ4n) is 3.70. The van der Waals surface area contributed by atoms with Crippen LogP contribution in [0.5, 0.6) is 0 Å². The van der Waals surface area contributed by atoms with Crippen molar-refractivity contribution in [1.82, 2.24) is 9.80 Å². The average Bonchev–Trinajstić information content (AvgIpc) is 3.17. The van der Waals surface area contributed by atoms with E-state index in [4.69, 9.17) is 0 Å². The van der Waals surface area contributed by atoms with E-state index in [9.17, 15) is 14.0 Å². The van der Waals surface area contributed by atoms with Crippen LogP contribution in [0.25, 0.3) is 0 Å². The predicted molar refractivity (Wildman–Crippen MR) is 94.6 cm³/mol. The smallest absolute Gasteiger partial charge is 0.241 e. The number of piperidine rings is 1. The first kappa shape index (κ1) is 17.9. The maximum atomic E-state index is 13.7. The van der Waals surface area contributed by atoms with Gasteiger partial charge in [0.15, 0.2) is 0 Å². The fourth-order valence-corrected chi connectivity index (χ4v) is 3.70. The molecule has 6 heteroatoms. The molecule has 0 aromatic heterocycles. The largest absolute Gasteiger partial charge is 0.342 e. The van der Waals surface area contributed by atoms with Gasteiger partial charge in [-0.3, -0.25) is 14.5 Å². The van der Waals surface area contributed by atoms with Crippen molar-refractivity contribution in [2.45, 2.75) is 38.6 Å². The van der Waals surface area contributed by atoms with Gasteiger partial charge >= 0.3 is 0 Å². The number of hydrogen-bond donors (Lipinski definition) is 1. The summed E-state index contributed by atoms with van der Waals surface area (Å²) < 4.78 is 13.7. The molecule has 2 fully saturated rings. The summed E-state index contributed by atoms with van der Waals surface area (Å²) >= 11 is 0. The summed E-state index contributed by atoms with van der Waals surface area (Å²) in [6.07, 6.45) is 3.79. The average molecular weight is 347 g/mol. The third-order valence-corrected chi connectivity index (χ3v) is 5.36. The van der Waals surface area contributed by atoms with Crippen molar-refractivity contribution in [3.05, 3.63) is 30.1 Å². The number of hydrogen-bond acceptors (Lipinski definition) is 3. The second kappa shape index (κ2) is 7.95. The van der Waals surface area contributed by atoms with E-state index in [1.165, 1.54) is 6.07 Å². The molecule has 3 rings (SSSR count). The zero-order valence-electron chi connectivity index (χ0n) is 14.7. The number of anilines is 1. The molecule has 2 heterocycles. The van der Waals surface area contributed by atoms with Crippen LogP contribution in [-0.2, 0) is 9.59 Å². The zero-order chi connectivity index (χ0) is 17.8. The Morgan fingerprint density at radius 1 is 1.12 bits per heavy atom. The van der Waals surface area contributed by atoms with E-state index >= 15 is 0 Å². The molecule has 0 saturated carbocycles. The summed E-state index contributed by atoms with van der Waals surface area (Å²) in [5.74, 6) is -0.288. The van der Waals surface area contributed by atoms with Gasteiger partial charge < -0.3 is 10.2 Å². The van der Waals surface area contributed by atoms with E-state index < -0.39 is 5.82 Å². The van der Waals surface area contributed by atoms with Gasteiger partial charge in [0.05, 0.1) is 11.7 Å². The Morgan fingerprint density at radius 3 is 2.40 bits per heavy atom. The van der Waals surface area contributed by atoms with Gasteiger partial charge in [-0.05, 0) is 57.8 Å². The number of halogens is 1. The van der Waals surface area contributed by atoms with E-state index in [1.54, 1.807) is 18.2 Å². The summed E-state index contributed by atoms with van der Waals surface area (Å²) in [5, 5.41) is 2.66. The maximum Gasteiger partial charge on any atom is 0.241 e. The molecule has 0 unspecified atom stereocenters. The summed E-state index contributed by atoms with van der Waals surface area (Å²) in [6.45, 7) is 5.05. The molecule has 5 nitrogen and oxygen atoms in total. The van der Waals surface area contributed by atoms with Crippen LogP contribution in [0.2, 0.25) is 0 Å². The summed E-state index contributed by atoms with van der Waals surface area (Å²) in [4.78, 5) is 28.9. The highest BCUT2D eigenvalue weighted by Gasteiger charge is 2.32. The van der Waals surface area contributed by atoms with Crippen LogP contribution in [0.3, 0.4) is 0 Å². The van der Waals surface area contributed by atoms with Crippen molar-refractivity contribution >= 4 is 17.5 Å². The van der Waals surface area contributed by atoms with Gasteiger partial charge in [0.25, 0.3) is 0 Å². The van der Waals surface area contributed by atoms with Crippen LogP contribution < -0.4 is 5.32 Å². The fraction of sp³-hybridized carbons (Fsp3) is 0.579. The number of carbonyl (C=O) groups excluding carboxylic acids is 2. The van der Waals surface area contributed by atoms with Crippen molar-refractivity contribution in [3.8, 4) is 0 Å². The van der Waals surface area contributed by atoms with Crippen LogP contribution in [0, 0.1) is 11.7 Å². The Balaban J connectivity index is 1.50. The summed E-state index contributed by atoms with van der Waals surface area (Å²) in [6, 6.07) is 5.83. The number of carbonyl (C=O) groups is 2. The Hall–Kier alpha value is -1.95. The Bertz CT molecular complexity index is 623. The molecule has 1 aromatic carbocycles. The second-order valence-electron chi connectivity index (χ2n) is 6.99. The first-order valence-corrected chi connectivity index (χ1v) is 9.14. The van der Waals surface area contributed by atoms with Gasteiger partial charge in [0.2, 0.25) is 11.8 Å². The van der Waals surface area contributed by atoms with Crippen LogP contribution in [0.1, 0.15) is 32.6 Å². The van der Waals surface area contributed by atoms with Gasteiger partial charge in [-0.25, -0.2) is 4.39 Å². The van der Waals surface area contributed by atoms with E-state index in [2.05, 4.69) is 10.2 Å². The third kappa shape index (κ3) is 4.18. The minimum absolute atomic E-state index is 0.0798. The molecule has 2 amide bonds. The zero-order valence-corrected chi connectivity index (χ0v) is 14.7. The highest BCUT2D eigenvalue weighted by Crippen LogP contribution is 2.23. The van der Waals surface area contributed by atoms with Gasteiger partial charge in [-0.1, -0.05) is 12.1 Å². The van der Waals surface area contributed by atoms with Crippen LogP contribution in [0.15, 0.2) is 24.3 Å². The number of likely N-dealkylation sites (tertiary alicyclic amines) is 2. The molecule has 2 aliphatic heterocycles.